The average molecular weight is 197 g/mol. The maximum Gasteiger partial charge on any atom is 0.254 e. The summed E-state index contributed by atoms with van der Waals surface area (Å²) in [5.74, 6) is -1.02. The van der Waals surface area contributed by atoms with E-state index in [0.717, 1.165) is 6.20 Å². The number of pyridine rings is 1. The molecule has 1 rings (SSSR count). The zero-order valence-corrected chi connectivity index (χ0v) is 7.88. The first-order valence-corrected chi connectivity index (χ1v) is 4.28. The molecule has 1 aromatic heterocycles. The zero-order valence-electron chi connectivity index (χ0n) is 7.88. The lowest BCUT2D eigenvalue weighted by Crippen LogP contribution is -2.30. The van der Waals surface area contributed by atoms with E-state index in [-0.39, 0.29) is 5.56 Å². The minimum atomic E-state index is -0.602. The van der Waals surface area contributed by atoms with Gasteiger partial charge in [-0.15, -0.1) is 0 Å². The van der Waals surface area contributed by atoms with Crippen molar-refractivity contribution in [2.24, 2.45) is 0 Å². The Kier molecular flexibility index (Phi) is 4.00. The van der Waals surface area contributed by atoms with E-state index >= 15 is 0 Å². The van der Waals surface area contributed by atoms with Gasteiger partial charge in [-0.05, 0) is 13.1 Å². The SMILES string of the molecule is CNCCNC(=O)c1ccncc1F. The Bertz CT molecular complexity index is 317. The predicted molar refractivity (Wildman–Crippen MR) is 50.5 cm³/mol. The summed E-state index contributed by atoms with van der Waals surface area (Å²) in [6.07, 6.45) is 2.41. The second kappa shape index (κ2) is 5.29. The van der Waals surface area contributed by atoms with Crippen LogP contribution in [0.25, 0.3) is 0 Å². The minimum absolute atomic E-state index is 0.0242. The maximum absolute atomic E-state index is 13.0. The van der Waals surface area contributed by atoms with E-state index in [4.69, 9.17) is 0 Å². The first kappa shape index (κ1) is 10.6. The van der Waals surface area contributed by atoms with E-state index in [1.165, 1.54) is 12.3 Å². The Hall–Kier alpha value is -1.49. The highest BCUT2D eigenvalue weighted by Crippen LogP contribution is 2.03. The molecule has 0 unspecified atom stereocenters. The number of nitrogens with one attached hydrogen (secondary N) is 2. The molecule has 0 spiro atoms. The molecule has 0 saturated heterocycles. The molecule has 0 aliphatic rings. The third kappa shape index (κ3) is 2.77. The summed E-state index contributed by atoms with van der Waals surface area (Å²) in [6.45, 7) is 1.12. The summed E-state index contributed by atoms with van der Waals surface area (Å²) in [4.78, 5) is 14.9. The molecule has 76 valence electrons. The molecule has 0 fully saturated rings. The lowest BCUT2D eigenvalue weighted by Gasteiger charge is -2.04. The van der Waals surface area contributed by atoms with Crippen molar-refractivity contribution < 1.29 is 9.18 Å². The standard InChI is InChI=1S/C9H12FN3O/c1-11-4-5-13-9(14)7-2-3-12-6-8(7)10/h2-3,6,11H,4-5H2,1H3,(H,13,14). The molecule has 0 bridgehead atoms. The zero-order chi connectivity index (χ0) is 10.4. The Morgan fingerprint density at radius 1 is 1.57 bits per heavy atom. The number of carbonyl (C=O) groups excluding carboxylic acids is 1. The lowest BCUT2D eigenvalue weighted by atomic mass is 10.2. The van der Waals surface area contributed by atoms with Crippen LogP contribution in [0.1, 0.15) is 10.4 Å². The van der Waals surface area contributed by atoms with Crippen LogP contribution < -0.4 is 10.6 Å². The highest BCUT2D eigenvalue weighted by Gasteiger charge is 2.09. The predicted octanol–water partition coefficient (Wildman–Crippen LogP) is 0.170. The van der Waals surface area contributed by atoms with E-state index in [9.17, 15) is 9.18 Å². The number of amides is 1. The minimum Gasteiger partial charge on any atom is -0.351 e. The summed E-state index contributed by atoms with van der Waals surface area (Å²) in [5, 5.41) is 5.44. The van der Waals surface area contributed by atoms with Gasteiger partial charge >= 0.3 is 0 Å². The van der Waals surface area contributed by atoms with Crippen LogP contribution in [-0.4, -0.2) is 31.0 Å². The van der Waals surface area contributed by atoms with Gasteiger partial charge in [0.2, 0.25) is 0 Å². The van der Waals surface area contributed by atoms with Gasteiger partial charge in [0, 0.05) is 19.3 Å². The number of aromatic nitrogens is 1. The van der Waals surface area contributed by atoms with Crippen LogP contribution in [0.4, 0.5) is 4.39 Å². The van der Waals surface area contributed by atoms with Crippen molar-refractivity contribution in [1.82, 2.24) is 15.6 Å². The summed E-state index contributed by atoms with van der Waals surface area (Å²) in [7, 11) is 1.78. The summed E-state index contributed by atoms with van der Waals surface area (Å²) in [6, 6.07) is 1.35. The second-order valence-corrected chi connectivity index (χ2v) is 2.71. The Morgan fingerprint density at radius 3 is 3.00 bits per heavy atom. The number of hydrogen-bond acceptors (Lipinski definition) is 3. The molecule has 1 aromatic rings. The van der Waals surface area contributed by atoms with Crippen LogP contribution >= 0.6 is 0 Å². The van der Waals surface area contributed by atoms with Crippen molar-refractivity contribution in [3.63, 3.8) is 0 Å². The molecule has 0 aliphatic heterocycles. The molecule has 1 amide bonds. The van der Waals surface area contributed by atoms with Gasteiger partial charge in [-0.1, -0.05) is 0 Å². The summed E-state index contributed by atoms with van der Waals surface area (Å²) in [5.41, 5.74) is 0.0242. The van der Waals surface area contributed by atoms with Gasteiger partial charge in [0.1, 0.15) is 0 Å². The quantitative estimate of drug-likeness (QED) is 0.676. The molecule has 4 nitrogen and oxygen atoms in total. The topological polar surface area (TPSA) is 54.0 Å². The van der Waals surface area contributed by atoms with Crippen LogP contribution in [-0.2, 0) is 0 Å². The Labute approximate surface area is 81.5 Å². The number of rotatable bonds is 4. The van der Waals surface area contributed by atoms with E-state index in [2.05, 4.69) is 15.6 Å². The van der Waals surface area contributed by atoms with E-state index < -0.39 is 11.7 Å². The number of halogens is 1. The Balaban J connectivity index is 2.56. The number of hydrogen-bond donors (Lipinski definition) is 2. The van der Waals surface area contributed by atoms with E-state index in [0.29, 0.717) is 13.1 Å². The molecule has 5 heteroatoms. The molecular formula is C9H12FN3O. The number of likely N-dealkylation sites (N-methyl/N-ethyl adjacent to an activating group) is 1. The second-order valence-electron chi connectivity index (χ2n) is 2.71. The van der Waals surface area contributed by atoms with E-state index in [1.54, 1.807) is 7.05 Å². The molecule has 1 heterocycles. The van der Waals surface area contributed by atoms with Crippen LogP contribution in [0.3, 0.4) is 0 Å². The molecule has 2 N–H and O–H groups in total. The fraction of sp³-hybridized carbons (Fsp3) is 0.333. The van der Waals surface area contributed by atoms with Crippen molar-refractivity contribution in [2.45, 2.75) is 0 Å². The molecule has 0 atom stereocenters. The van der Waals surface area contributed by atoms with Gasteiger partial charge in [0.15, 0.2) is 5.82 Å². The highest BCUT2D eigenvalue weighted by atomic mass is 19.1. The molecule has 0 radical (unpaired) electrons. The molecule has 0 aromatic carbocycles. The molecule has 0 saturated carbocycles. The van der Waals surface area contributed by atoms with Crippen LogP contribution in [0.15, 0.2) is 18.5 Å². The molecular weight excluding hydrogens is 185 g/mol. The third-order valence-electron chi connectivity index (χ3n) is 1.68. The summed E-state index contributed by atoms with van der Waals surface area (Å²) < 4.78 is 13.0. The normalized spacial score (nSPS) is 9.86. The van der Waals surface area contributed by atoms with Gasteiger partial charge in [-0.3, -0.25) is 9.78 Å². The first-order valence-electron chi connectivity index (χ1n) is 4.28. The van der Waals surface area contributed by atoms with Crippen molar-refractivity contribution >= 4 is 5.91 Å². The largest absolute Gasteiger partial charge is 0.351 e. The first-order chi connectivity index (χ1) is 6.75. The smallest absolute Gasteiger partial charge is 0.254 e. The summed E-state index contributed by atoms with van der Waals surface area (Å²) >= 11 is 0. The molecule has 0 aliphatic carbocycles. The van der Waals surface area contributed by atoms with Gasteiger partial charge in [0.05, 0.1) is 11.8 Å². The van der Waals surface area contributed by atoms with Crippen molar-refractivity contribution in [3.8, 4) is 0 Å². The highest BCUT2D eigenvalue weighted by molar-refractivity contribution is 5.94. The third-order valence-corrected chi connectivity index (χ3v) is 1.68. The van der Waals surface area contributed by atoms with Gasteiger partial charge in [-0.2, -0.15) is 0 Å². The number of nitrogens with zero attached hydrogens (tertiary/aromatic N) is 1. The lowest BCUT2D eigenvalue weighted by molar-refractivity contribution is 0.0950. The van der Waals surface area contributed by atoms with Crippen molar-refractivity contribution in [2.75, 3.05) is 20.1 Å². The monoisotopic (exact) mass is 197 g/mol. The fourth-order valence-electron chi connectivity index (χ4n) is 0.956. The van der Waals surface area contributed by atoms with Gasteiger partial charge in [0.25, 0.3) is 5.91 Å². The van der Waals surface area contributed by atoms with Crippen LogP contribution in [0.2, 0.25) is 0 Å². The van der Waals surface area contributed by atoms with E-state index in [1.807, 2.05) is 0 Å². The average Bonchev–Trinajstić information content (AvgIpc) is 2.18. The van der Waals surface area contributed by atoms with Gasteiger partial charge < -0.3 is 10.6 Å². The molecule has 14 heavy (non-hydrogen) atoms. The van der Waals surface area contributed by atoms with Gasteiger partial charge in [-0.25, -0.2) is 4.39 Å². The van der Waals surface area contributed by atoms with Crippen LogP contribution in [0, 0.1) is 5.82 Å². The van der Waals surface area contributed by atoms with Crippen molar-refractivity contribution in [1.29, 1.82) is 0 Å². The Morgan fingerprint density at radius 2 is 2.36 bits per heavy atom. The maximum atomic E-state index is 13.0. The van der Waals surface area contributed by atoms with Crippen LogP contribution in [0.5, 0.6) is 0 Å². The fourth-order valence-corrected chi connectivity index (χ4v) is 0.956. The number of carbonyl (C=O) groups is 1. The van der Waals surface area contributed by atoms with Crippen molar-refractivity contribution in [3.05, 3.63) is 29.8 Å².